The first kappa shape index (κ1) is 36.1. The van der Waals surface area contributed by atoms with Crippen LogP contribution in [0.5, 0.6) is 17.2 Å². The van der Waals surface area contributed by atoms with Crippen molar-refractivity contribution in [1.82, 2.24) is 0 Å². The Bertz CT molecular complexity index is 3450. The summed E-state index contributed by atoms with van der Waals surface area (Å²) in [4.78, 5) is 2.64. The van der Waals surface area contributed by atoms with Crippen molar-refractivity contribution in [3.05, 3.63) is 164 Å². The van der Waals surface area contributed by atoms with Gasteiger partial charge in [0.05, 0.1) is 21.8 Å². The Morgan fingerprint density at radius 2 is 0.917 bits per heavy atom. The predicted molar refractivity (Wildman–Crippen MR) is 253 cm³/mol. The van der Waals surface area contributed by atoms with Crippen LogP contribution in [0.4, 0.5) is 17.1 Å². The Labute approximate surface area is 354 Å². The van der Waals surface area contributed by atoms with E-state index in [4.69, 9.17) is 23.5 Å². The molecule has 3 N–H and O–H groups in total. The topological polar surface area (TPSA) is 63.9 Å². The van der Waals surface area contributed by atoms with E-state index in [1.54, 1.807) is 0 Å². The third-order valence-corrected chi connectivity index (χ3v) is 13.1. The van der Waals surface area contributed by atoms with Gasteiger partial charge < -0.3 is 20.2 Å². The highest BCUT2D eigenvalue weighted by molar-refractivity contribution is 8.00. The van der Waals surface area contributed by atoms with Gasteiger partial charge in [0.15, 0.2) is 0 Å². The lowest BCUT2D eigenvalue weighted by molar-refractivity contribution is 0.448. The van der Waals surface area contributed by atoms with Crippen LogP contribution in [0.1, 0.15) is 0 Å². The Balaban J connectivity index is 1.26. The van der Waals surface area contributed by atoms with Gasteiger partial charge in [-0.05, 0) is 88.6 Å². The van der Waals surface area contributed by atoms with Gasteiger partial charge in [-0.2, -0.15) is 0 Å². The van der Waals surface area contributed by atoms with Crippen molar-refractivity contribution < 1.29 is 15.3 Å². The van der Waals surface area contributed by atoms with Crippen LogP contribution < -0.4 is 21.3 Å². The largest absolute Gasteiger partial charge is 0.508 e. The maximum atomic E-state index is 12.7. The number of hydrogen-bond acceptors (Lipinski definition) is 5. The molecule has 8 heteroatoms. The molecule has 0 saturated carbocycles. The van der Waals surface area contributed by atoms with Crippen LogP contribution in [-0.2, 0) is 0 Å². The van der Waals surface area contributed by atoms with E-state index >= 15 is 0 Å². The minimum absolute atomic E-state index is 0.0113. The van der Waals surface area contributed by atoms with Gasteiger partial charge in [-0.3, -0.25) is 0 Å². The van der Waals surface area contributed by atoms with Crippen LogP contribution in [0, 0.1) is 0 Å². The van der Waals surface area contributed by atoms with Crippen molar-refractivity contribution >= 4 is 112 Å². The van der Waals surface area contributed by atoms with E-state index in [0.29, 0.717) is 43.4 Å². The molecule has 0 aliphatic carbocycles. The third kappa shape index (κ3) is 5.24. The Hall–Kier alpha value is -7.02. The first-order valence-electron chi connectivity index (χ1n) is 19.6. The van der Waals surface area contributed by atoms with Crippen LogP contribution in [0.2, 0.25) is 0 Å². The van der Waals surface area contributed by atoms with Crippen molar-refractivity contribution in [2.75, 3.05) is 4.90 Å². The molecule has 1 aliphatic rings. The lowest BCUT2D eigenvalue weighted by atomic mass is 9.75. The molecule has 0 aromatic heterocycles. The molecule has 276 valence electrons. The number of rotatable bonds is 4. The molecule has 0 amide bonds. The molecule has 0 atom stereocenters. The Morgan fingerprint density at radius 3 is 1.60 bits per heavy atom. The molecule has 0 saturated heterocycles. The first-order chi connectivity index (χ1) is 29.3. The molecular formula is C52H30B3NO3S. The van der Waals surface area contributed by atoms with Gasteiger partial charge in [-0.15, -0.1) is 0 Å². The number of anilines is 3. The second kappa shape index (κ2) is 13.8. The van der Waals surface area contributed by atoms with Crippen LogP contribution in [-0.4, -0.2) is 38.9 Å². The maximum absolute atomic E-state index is 12.7. The highest BCUT2D eigenvalue weighted by Gasteiger charge is 2.38. The second-order valence-electron chi connectivity index (χ2n) is 15.1. The lowest BCUT2D eigenvalue weighted by Gasteiger charge is -2.39. The van der Waals surface area contributed by atoms with Crippen LogP contribution in [0.3, 0.4) is 0 Å². The van der Waals surface area contributed by atoms with Gasteiger partial charge in [0.25, 0.3) is 0 Å². The quantitative estimate of drug-likeness (QED) is 0.123. The molecule has 1 aliphatic heterocycles. The van der Waals surface area contributed by atoms with E-state index in [1.165, 1.54) is 11.8 Å². The standard InChI is InChI=1S/C52H30B3NO3S/c53-43-41(39-26-29-16-4-6-19-32(29)34-21-9-10-23-36(34)39)44(54)51-47(50(43)59)56(40-27-30-17-5-7-20-33(30)35-22-11-12-24-37(35)40)46-45(55)48(57)42(49(58)52(46)60-51)38-25-13-8-18-31(38)28-14-2-1-3-15-28/h1-27,57-59H. The molecule has 0 fully saturated rings. The van der Waals surface area contributed by atoms with Crippen molar-refractivity contribution in [3.8, 4) is 50.6 Å². The summed E-state index contributed by atoms with van der Waals surface area (Å²) in [6, 6.07) is 53.9. The summed E-state index contributed by atoms with van der Waals surface area (Å²) >= 11 is 1.19. The van der Waals surface area contributed by atoms with E-state index in [1.807, 2.05) is 132 Å². The van der Waals surface area contributed by atoms with Gasteiger partial charge in [-0.1, -0.05) is 169 Å². The fraction of sp³-hybridized carbons (Fsp3) is 0. The number of nitrogens with zero attached hydrogens (tertiary/aromatic N) is 1. The van der Waals surface area contributed by atoms with Crippen molar-refractivity contribution in [3.63, 3.8) is 0 Å². The van der Waals surface area contributed by atoms with Crippen molar-refractivity contribution in [1.29, 1.82) is 0 Å². The van der Waals surface area contributed by atoms with Crippen LogP contribution in [0.25, 0.3) is 76.5 Å². The average Bonchev–Trinajstić information content (AvgIpc) is 3.30. The number of fused-ring (bicyclic) bond motifs is 8. The van der Waals surface area contributed by atoms with Gasteiger partial charge in [0.1, 0.15) is 46.5 Å². The highest BCUT2D eigenvalue weighted by Crippen LogP contribution is 2.60. The Morgan fingerprint density at radius 1 is 0.383 bits per heavy atom. The summed E-state index contributed by atoms with van der Waals surface area (Å²) in [5, 5.41) is 45.5. The minimum atomic E-state index is -0.298. The van der Waals surface area contributed by atoms with E-state index in [0.717, 1.165) is 59.8 Å². The minimum Gasteiger partial charge on any atom is -0.508 e. The molecule has 4 nitrogen and oxygen atoms in total. The molecule has 6 radical (unpaired) electrons. The zero-order valence-corrected chi connectivity index (χ0v) is 32.8. The fourth-order valence-electron chi connectivity index (χ4n) is 9.13. The zero-order chi connectivity index (χ0) is 40.8. The molecule has 10 aromatic carbocycles. The highest BCUT2D eigenvalue weighted by atomic mass is 32.2. The maximum Gasteiger partial charge on any atom is 0.143 e. The van der Waals surface area contributed by atoms with E-state index in [9.17, 15) is 15.3 Å². The normalized spacial score (nSPS) is 12.3. The van der Waals surface area contributed by atoms with E-state index in [-0.39, 0.29) is 33.7 Å². The van der Waals surface area contributed by atoms with Gasteiger partial charge in [0.2, 0.25) is 0 Å². The van der Waals surface area contributed by atoms with Gasteiger partial charge >= 0.3 is 0 Å². The van der Waals surface area contributed by atoms with E-state index in [2.05, 4.69) is 36.4 Å². The number of hydrogen-bond donors (Lipinski definition) is 3. The molecule has 10 aromatic rings. The monoisotopic (exact) mass is 781 g/mol. The fourth-order valence-corrected chi connectivity index (χ4v) is 10.3. The Kier molecular flexibility index (Phi) is 8.30. The van der Waals surface area contributed by atoms with Gasteiger partial charge in [-0.25, -0.2) is 0 Å². The molecule has 0 spiro atoms. The summed E-state index contributed by atoms with van der Waals surface area (Å²) in [5.74, 6) is -0.689. The smallest absolute Gasteiger partial charge is 0.143 e. The molecular weight excluding hydrogens is 751 g/mol. The summed E-state index contributed by atoms with van der Waals surface area (Å²) in [5.41, 5.74) is 5.38. The number of phenolic OH excluding ortho intramolecular Hbond substituents is 3. The predicted octanol–water partition coefficient (Wildman–Crippen LogP) is 10.7. The summed E-state index contributed by atoms with van der Waals surface area (Å²) < 4.78 is 0. The van der Waals surface area contributed by atoms with Crippen LogP contribution in [0.15, 0.2) is 174 Å². The van der Waals surface area contributed by atoms with Crippen molar-refractivity contribution in [2.45, 2.75) is 9.79 Å². The number of benzene rings is 10. The first-order valence-corrected chi connectivity index (χ1v) is 20.4. The summed E-state index contributed by atoms with van der Waals surface area (Å²) in [6.07, 6.45) is 0. The molecule has 11 rings (SSSR count). The summed E-state index contributed by atoms with van der Waals surface area (Å²) in [7, 11) is 21.7. The number of aromatic hydroxyl groups is 3. The zero-order valence-electron chi connectivity index (χ0n) is 32.0. The molecule has 60 heavy (non-hydrogen) atoms. The van der Waals surface area contributed by atoms with Crippen LogP contribution >= 0.6 is 11.8 Å². The third-order valence-electron chi connectivity index (χ3n) is 11.8. The van der Waals surface area contributed by atoms with E-state index < -0.39 is 0 Å². The number of phenols is 3. The second-order valence-corrected chi connectivity index (χ2v) is 16.1. The molecule has 0 unspecified atom stereocenters. The molecule has 0 bridgehead atoms. The lowest BCUT2D eigenvalue weighted by Crippen LogP contribution is -2.31. The SMILES string of the molecule is [B]c1c(O)c2c(c([B])c1-c1cc3ccccc3c3ccccc13)Sc1c(O)c(-c3ccccc3-c3ccccc3)c(O)c([B])c1N2c1cc2ccccc2c2ccccc12. The van der Waals surface area contributed by atoms with Crippen molar-refractivity contribution in [2.24, 2.45) is 0 Å². The van der Waals surface area contributed by atoms with Gasteiger partial charge in [0, 0.05) is 10.3 Å². The average molecular weight is 781 g/mol. The molecule has 1 heterocycles. The summed E-state index contributed by atoms with van der Waals surface area (Å²) in [6.45, 7) is 0.